The van der Waals surface area contributed by atoms with Crippen LogP contribution in [0.2, 0.25) is 0 Å². The molecule has 1 aliphatic rings. The van der Waals surface area contributed by atoms with Gasteiger partial charge in [-0.2, -0.15) is 0 Å². The van der Waals surface area contributed by atoms with Gasteiger partial charge in [0.25, 0.3) is 0 Å². The van der Waals surface area contributed by atoms with E-state index in [-0.39, 0.29) is 0 Å². The molecule has 16 heavy (non-hydrogen) atoms. The summed E-state index contributed by atoms with van der Waals surface area (Å²) in [6.45, 7) is 16.9. The third-order valence-electron chi connectivity index (χ3n) is 4.30. The first-order chi connectivity index (χ1) is 7.33. The van der Waals surface area contributed by atoms with Crippen LogP contribution in [0.15, 0.2) is 0 Å². The van der Waals surface area contributed by atoms with Gasteiger partial charge in [-0.25, -0.2) is 0 Å². The number of hydrogen-bond donors (Lipinski definition) is 0. The molecule has 1 heteroatoms. The zero-order chi connectivity index (χ0) is 12.3. The molecule has 0 amide bonds. The molecule has 0 saturated carbocycles. The van der Waals surface area contributed by atoms with E-state index in [0.717, 1.165) is 17.9 Å². The monoisotopic (exact) mass is 225 g/mol. The highest BCUT2D eigenvalue weighted by Crippen LogP contribution is 2.39. The molecule has 0 unspecified atom stereocenters. The predicted molar refractivity (Wildman–Crippen MR) is 72.7 cm³/mol. The van der Waals surface area contributed by atoms with Crippen LogP contribution in [0.5, 0.6) is 0 Å². The fourth-order valence-electron chi connectivity index (χ4n) is 3.42. The van der Waals surface area contributed by atoms with Crippen molar-refractivity contribution < 1.29 is 0 Å². The largest absolute Gasteiger partial charge is 0.301 e. The average Bonchev–Trinajstić information content (AvgIpc) is 2.16. The zero-order valence-corrected chi connectivity index (χ0v) is 12.2. The van der Waals surface area contributed by atoms with E-state index in [2.05, 4.69) is 46.4 Å². The van der Waals surface area contributed by atoms with Crippen LogP contribution in [0.3, 0.4) is 0 Å². The van der Waals surface area contributed by atoms with E-state index < -0.39 is 0 Å². The highest BCUT2D eigenvalue weighted by Gasteiger charge is 2.33. The topological polar surface area (TPSA) is 3.24 Å². The van der Waals surface area contributed by atoms with Crippen LogP contribution in [0, 0.1) is 17.3 Å². The molecule has 0 radical (unpaired) electrons. The highest BCUT2D eigenvalue weighted by molar-refractivity contribution is 4.85. The summed E-state index contributed by atoms with van der Waals surface area (Å²) in [6, 6.07) is 0.731. The fraction of sp³-hybridized carbons (Fsp3) is 1.00. The van der Waals surface area contributed by atoms with Crippen molar-refractivity contribution in [2.45, 2.75) is 66.8 Å². The van der Waals surface area contributed by atoms with Gasteiger partial charge in [-0.05, 0) is 63.5 Å². The van der Waals surface area contributed by atoms with Gasteiger partial charge in [-0.1, -0.05) is 27.7 Å². The van der Waals surface area contributed by atoms with Crippen LogP contribution < -0.4 is 0 Å². The molecule has 0 spiro atoms. The molecule has 1 aliphatic heterocycles. The molecule has 0 aromatic rings. The quantitative estimate of drug-likeness (QED) is 0.694. The van der Waals surface area contributed by atoms with Gasteiger partial charge in [0, 0.05) is 6.04 Å². The van der Waals surface area contributed by atoms with Crippen molar-refractivity contribution in [1.82, 2.24) is 4.90 Å². The third kappa shape index (κ3) is 3.76. The summed E-state index contributed by atoms with van der Waals surface area (Å²) in [7, 11) is 0. The van der Waals surface area contributed by atoms with Gasteiger partial charge >= 0.3 is 0 Å². The lowest BCUT2D eigenvalue weighted by Crippen LogP contribution is -2.42. The van der Waals surface area contributed by atoms with E-state index in [4.69, 9.17) is 0 Å². The van der Waals surface area contributed by atoms with Crippen molar-refractivity contribution in [2.75, 3.05) is 13.1 Å². The molecule has 1 fully saturated rings. The molecule has 1 heterocycles. The van der Waals surface area contributed by atoms with Crippen LogP contribution in [0.1, 0.15) is 60.8 Å². The molecule has 0 aliphatic carbocycles. The van der Waals surface area contributed by atoms with Crippen molar-refractivity contribution in [2.24, 2.45) is 17.3 Å². The van der Waals surface area contributed by atoms with Gasteiger partial charge in [-0.15, -0.1) is 0 Å². The Bertz CT molecular complexity index is 197. The zero-order valence-electron chi connectivity index (χ0n) is 12.2. The SMILES string of the molecule is CC(C)CC(C)(C)C1CCN(C(C)C)CC1. The number of hydrogen-bond acceptors (Lipinski definition) is 1. The first-order valence-corrected chi connectivity index (χ1v) is 7.07. The Hall–Kier alpha value is -0.0400. The Labute approximate surface area is 103 Å². The first kappa shape index (κ1) is 14.0. The predicted octanol–water partition coefficient (Wildman–Crippen LogP) is 4.18. The van der Waals surface area contributed by atoms with E-state index >= 15 is 0 Å². The maximum absolute atomic E-state index is 2.63. The number of likely N-dealkylation sites (tertiary alicyclic amines) is 1. The van der Waals surface area contributed by atoms with E-state index in [0.29, 0.717) is 5.41 Å². The van der Waals surface area contributed by atoms with Crippen LogP contribution in [0.4, 0.5) is 0 Å². The molecule has 0 aromatic heterocycles. The smallest absolute Gasteiger partial charge is 0.00385 e. The molecule has 0 bridgehead atoms. The Kier molecular flexibility index (Phi) is 4.85. The van der Waals surface area contributed by atoms with E-state index in [9.17, 15) is 0 Å². The minimum Gasteiger partial charge on any atom is -0.301 e. The highest BCUT2D eigenvalue weighted by atomic mass is 15.1. The minimum absolute atomic E-state index is 0.539. The van der Waals surface area contributed by atoms with Gasteiger partial charge in [0.1, 0.15) is 0 Å². The summed E-state index contributed by atoms with van der Waals surface area (Å²) < 4.78 is 0. The van der Waals surface area contributed by atoms with Gasteiger partial charge in [0.2, 0.25) is 0 Å². The second-order valence-corrected chi connectivity index (χ2v) is 6.99. The molecule has 1 nitrogen and oxygen atoms in total. The lowest BCUT2D eigenvalue weighted by molar-refractivity contribution is 0.0702. The first-order valence-electron chi connectivity index (χ1n) is 7.07. The van der Waals surface area contributed by atoms with Crippen molar-refractivity contribution >= 4 is 0 Å². The molecule has 1 saturated heterocycles. The summed E-state index contributed by atoms with van der Waals surface area (Å²) in [5, 5.41) is 0. The molecule has 1 rings (SSSR count). The second-order valence-electron chi connectivity index (χ2n) is 6.99. The lowest BCUT2D eigenvalue weighted by Gasteiger charge is -2.42. The normalized spacial score (nSPS) is 21.0. The van der Waals surface area contributed by atoms with Crippen molar-refractivity contribution in [3.63, 3.8) is 0 Å². The van der Waals surface area contributed by atoms with Crippen molar-refractivity contribution in [3.05, 3.63) is 0 Å². The van der Waals surface area contributed by atoms with Crippen LogP contribution in [-0.4, -0.2) is 24.0 Å². The summed E-state index contributed by atoms with van der Waals surface area (Å²) in [6.07, 6.45) is 4.18. The molecule has 0 N–H and O–H groups in total. The van der Waals surface area contributed by atoms with Crippen molar-refractivity contribution in [1.29, 1.82) is 0 Å². The summed E-state index contributed by atoms with van der Waals surface area (Å²) >= 11 is 0. The Balaban J connectivity index is 2.46. The minimum atomic E-state index is 0.539. The standard InChI is InChI=1S/C15H31N/c1-12(2)11-15(5,6)14-7-9-16(10-8-14)13(3)4/h12-14H,7-11H2,1-6H3. The number of nitrogens with zero attached hydrogens (tertiary/aromatic N) is 1. The van der Waals surface area contributed by atoms with Crippen LogP contribution in [-0.2, 0) is 0 Å². The Morgan fingerprint density at radius 2 is 1.56 bits per heavy atom. The summed E-state index contributed by atoms with van der Waals surface area (Å²) in [4.78, 5) is 2.63. The average molecular weight is 225 g/mol. The van der Waals surface area contributed by atoms with Crippen molar-refractivity contribution in [3.8, 4) is 0 Å². The molecule has 96 valence electrons. The Morgan fingerprint density at radius 1 is 1.06 bits per heavy atom. The van der Waals surface area contributed by atoms with Gasteiger partial charge in [0.05, 0.1) is 0 Å². The van der Waals surface area contributed by atoms with E-state index in [1.54, 1.807) is 0 Å². The number of piperidine rings is 1. The van der Waals surface area contributed by atoms with E-state index in [1.165, 1.54) is 32.4 Å². The molecule has 0 atom stereocenters. The Morgan fingerprint density at radius 3 is 1.94 bits per heavy atom. The summed E-state index contributed by atoms with van der Waals surface area (Å²) in [5.41, 5.74) is 0.539. The third-order valence-corrected chi connectivity index (χ3v) is 4.30. The van der Waals surface area contributed by atoms with Gasteiger partial charge in [0.15, 0.2) is 0 Å². The number of rotatable bonds is 4. The maximum atomic E-state index is 2.63. The van der Waals surface area contributed by atoms with E-state index in [1.807, 2.05) is 0 Å². The van der Waals surface area contributed by atoms with Gasteiger partial charge < -0.3 is 4.90 Å². The maximum Gasteiger partial charge on any atom is 0.00385 e. The van der Waals surface area contributed by atoms with Crippen LogP contribution >= 0.6 is 0 Å². The summed E-state index contributed by atoms with van der Waals surface area (Å²) in [5.74, 6) is 1.77. The second kappa shape index (κ2) is 5.53. The lowest BCUT2D eigenvalue weighted by atomic mass is 9.69. The fourth-order valence-corrected chi connectivity index (χ4v) is 3.42. The van der Waals surface area contributed by atoms with Crippen LogP contribution in [0.25, 0.3) is 0 Å². The molecular formula is C15H31N. The molecular weight excluding hydrogens is 194 g/mol. The van der Waals surface area contributed by atoms with Gasteiger partial charge in [-0.3, -0.25) is 0 Å². The molecule has 0 aromatic carbocycles.